The Morgan fingerprint density at radius 3 is 2.79 bits per heavy atom. The number of pyridine rings is 1. The molecule has 3 aromatic rings. The van der Waals surface area contributed by atoms with Crippen molar-refractivity contribution in [2.75, 3.05) is 0 Å². The third-order valence-corrected chi connectivity index (χ3v) is 5.50. The van der Waals surface area contributed by atoms with Gasteiger partial charge in [0.05, 0.1) is 18.0 Å². The Morgan fingerprint density at radius 2 is 2.00 bits per heavy atom. The zero-order valence-corrected chi connectivity index (χ0v) is 13.5. The van der Waals surface area contributed by atoms with Crippen LogP contribution in [0.1, 0.15) is 44.6 Å². The second-order valence-electron chi connectivity index (χ2n) is 7.17. The van der Waals surface area contributed by atoms with Gasteiger partial charge in [-0.1, -0.05) is 0 Å². The highest BCUT2D eigenvalue weighted by molar-refractivity contribution is 6.00. The van der Waals surface area contributed by atoms with Gasteiger partial charge in [0.1, 0.15) is 11.2 Å². The fourth-order valence-corrected chi connectivity index (χ4v) is 3.97. The molecular formula is C18H21N5O. The van der Waals surface area contributed by atoms with Crippen molar-refractivity contribution in [3.8, 4) is 0 Å². The number of aromatic nitrogens is 4. The number of nitrogens with zero attached hydrogens (tertiary/aromatic N) is 3. The molecule has 24 heavy (non-hydrogen) atoms. The van der Waals surface area contributed by atoms with Crippen LogP contribution in [0.4, 0.5) is 0 Å². The maximum atomic E-state index is 11.9. The van der Waals surface area contributed by atoms with Crippen molar-refractivity contribution in [3.05, 3.63) is 24.8 Å². The summed E-state index contributed by atoms with van der Waals surface area (Å²) < 4.78 is 2.31. The molecule has 3 heterocycles. The Hall–Kier alpha value is -2.37. The predicted octanol–water partition coefficient (Wildman–Crippen LogP) is 2.92. The van der Waals surface area contributed by atoms with Crippen LogP contribution in [0.25, 0.3) is 22.1 Å². The summed E-state index contributed by atoms with van der Waals surface area (Å²) in [5, 5.41) is 4.36. The molecule has 6 nitrogen and oxygen atoms in total. The smallest absolute Gasteiger partial charge is 0.223 e. The first kappa shape index (κ1) is 14.0. The number of H-pyrrole nitrogens is 1. The molecule has 6 heteroatoms. The maximum Gasteiger partial charge on any atom is 0.223 e. The standard InChI is InChI=1S/C18H21N5O/c24-18(11-1-2-11)22-12-3-5-13(6-4-12)23-10-21-15-9-20-17-14(16(15)23)7-8-19-17/h7-13H,1-6H2,(H,19,20)(H,22,24). The molecule has 2 aliphatic carbocycles. The molecule has 0 bridgehead atoms. The molecule has 0 aromatic carbocycles. The Morgan fingerprint density at radius 1 is 1.17 bits per heavy atom. The molecule has 3 aromatic heterocycles. The molecule has 0 spiro atoms. The predicted molar refractivity (Wildman–Crippen MR) is 91.5 cm³/mol. The van der Waals surface area contributed by atoms with Gasteiger partial charge in [0, 0.05) is 29.6 Å². The highest BCUT2D eigenvalue weighted by Gasteiger charge is 2.32. The van der Waals surface area contributed by atoms with Crippen LogP contribution < -0.4 is 5.32 Å². The Labute approximate surface area is 139 Å². The molecular weight excluding hydrogens is 302 g/mol. The molecule has 0 radical (unpaired) electrons. The molecule has 124 valence electrons. The number of fused-ring (bicyclic) bond motifs is 3. The van der Waals surface area contributed by atoms with Crippen LogP contribution in [0, 0.1) is 5.92 Å². The molecule has 2 aliphatic rings. The van der Waals surface area contributed by atoms with Crippen molar-refractivity contribution in [2.24, 2.45) is 5.92 Å². The highest BCUT2D eigenvalue weighted by atomic mass is 16.2. The largest absolute Gasteiger partial charge is 0.353 e. The number of hydrogen-bond acceptors (Lipinski definition) is 3. The van der Waals surface area contributed by atoms with Crippen LogP contribution in [-0.2, 0) is 4.79 Å². The van der Waals surface area contributed by atoms with Gasteiger partial charge in [0.25, 0.3) is 0 Å². The van der Waals surface area contributed by atoms with Crippen molar-refractivity contribution in [2.45, 2.75) is 50.6 Å². The van der Waals surface area contributed by atoms with Crippen molar-refractivity contribution < 1.29 is 4.79 Å². The van der Waals surface area contributed by atoms with Gasteiger partial charge in [-0.25, -0.2) is 9.97 Å². The first-order valence-corrected chi connectivity index (χ1v) is 8.88. The second-order valence-corrected chi connectivity index (χ2v) is 7.17. The van der Waals surface area contributed by atoms with Crippen molar-refractivity contribution >= 4 is 28.0 Å². The van der Waals surface area contributed by atoms with Crippen LogP contribution in [0.15, 0.2) is 24.8 Å². The normalized spacial score (nSPS) is 24.5. The zero-order valence-electron chi connectivity index (χ0n) is 13.5. The van der Waals surface area contributed by atoms with Crippen LogP contribution in [0.3, 0.4) is 0 Å². The van der Waals surface area contributed by atoms with E-state index in [2.05, 4.69) is 30.9 Å². The summed E-state index contributed by atoms with van der Waals surface area (Å²) in [6.07, 6.45) is 12.1. The van der Waals surface area contributed by atoms with E-state index >= 15 is 0 Å². The van der Waals surface area contributed by atoms with E-state index < -0.39 is 0 Å². The van der Waals surface area contributed by atoms with E-state index in [1.165, 1.54) is 5.52 Å². The fourth-order valence-electron chi connectivity index (χ4n) is 3.97. The monoisotopic (exact) mass is 323 g/mol. The quantitative estimate of drug-likeness (QED) is 0.778. The van der Waals surface area contributed by atoms with Crippen molar-refractivity contribution in [1.29, 1.82) is 0 Å². The maximum absolute atomic E-state index is 11.9. The van der Waals surface area contributed by atoms with Gasteiger partial charge in [0.15, 0.2) is 0 Å². The van der Waals surface area contributed by atoms with E-state index in [0.717, 1.165) is 55.1 Å². The molecule has 2 fully saturated rings. The lowest BCUT2D eigenvalue weighted by molar-refractivity contribution is -0.123. The van der Waals surface area contributed by atoms with Gasteiger partial charge in [-0.15, -0.1) is 0 Å². The lowest BCUT2D eigenvalue weighted by atomic mass is 9.90. The third kappa shape index (κ3) is 2.28. The summed E-state index contributed by atoms with van der Waals surface area (Å²) in [7, 11) is 0. The number of amides is 1. The number of carbonyl (C=O) groups is 1. The molecule has 5 rings (SSSR count). The summed E-state index contributed by atoms with van der Waals surface area (Å²) in [4.78, 5) is 24.1. The minimum Gasteiger partial charge on any atom is -0.353 e. The lowest BCUT2D eigenvalue weighted by Gasteiger charge is -2.30. The van der Waals surface area contributed by atoms with E-state index in [1.807, 2.05) is 18.7 Å². The van der Waals surface area contributed by atoms with E-state index in [0.29, 0.717) is 18.0 Å². The second kappa shape index (κ2) is 5.33. The molecule has 1 amide bonds. The Bertz CT molecular complexity index is 899. The van der Waals surface area contributed by atoms with Gasteiger partial charge in [-0.3, -0.25) is 4.79 Å². The topological polar surface area (TPSA) is 75.6 Å². The molecule has 0 atom stereocenters. The van der Waals surface area contributed by atoms with Gasteiger partial charge >= 0.3 is 0 Å². The molecule has 2 saturated carbocycles. The number of hydrogen-bond donors (Lipinski definition) is 2. The van der Waals surface area contributed by atoms with Crippen molar-refractivity contribution in [3.63, 3.8) is 0 Å². The van der Waals surface area contributed by atoms with Gasteiger partial charge in [0.2, 0.25) is 5.91 Å². The zero-order chi connectivity index (χ0) is 16.1. The molecule has 2 N–H and O–H groups in total. The molecule has 0 saturated heterocycles. The van der Waals surface area contributed by atoms with Crippen LogP contribution in [0.5, 0.6) is 0 Å². The minimum absolute atomic E-state index is 0.270. The van der Waals surface area contributed by atoms with E-state index in [9.17, 15) is 4.79 Å². The van der Waals surface area contributed by atoms with E-state index in [1.54, 1.807) is 0 Å². The SMILES string of the molecule is O=C(NC1CCC(n2cnc3cnc4[nH]ccc4c32)CC1)C1CC1. The van der Waals surface area contributed by atoms with E-state index in [-0.39, 0.29) is 5.91 Å². The summed E-state index contributed by atoms with van der Waals surface area (Å²) in [6, 6.07) is 2.87. The van der Waals surface area contributed by atoms with Crippen LogP contribution in [0.2, 0.25) is 0 Å². The number of nitrogens with one attached hydrogen (secondary N) is 2. The number of carbonyl (C=O) groups excluding carboxylic acids is 1. The minimum atomic E-state index is 0.270. The number of aromatic amines is 1. The van der Waals surface area contributed by atoms with Crippen molar-refractivity contribution in [1.82, 2.24) is 24.8 Å². The first-order valence-electron chi connectivity index (χ1n) is 8.88. The van der Waals surface area contributed by atoms with Crippen LogP contribution >= 0.6 is 0 Å². The number of rotatable bonds is 3. The Balaban J connectivity index is 1.37. The fraction of sp³-hybridized carbons (Fsp3) is 0.500. The van der Waals surface area contributed by atoms with Crippen LogP contribution in [-0.4, -0.2) is 31.5 Å². The van der Waals surface area contributed by atoms with Gasteiger partial charge in [-0.05, 0) is 44.6 Å². The summed E-state index contributed by atoms with van der Waals surface area (Å²) >= 11 is 0. The third-order valence-electron chi connectivity index (χ3n) is 5.50. The average Bonchev–Trinajstić information content (AvgIpc) is 3.19. The summed E-state index contributed by atoms with van der Waals surface area (Å²) in [5.41, 5.74) is 3.03. The van der Waals surface area contributed by atoms with E-state index in [4.69, 9.17) is 0 Å². The molecule has 0 aliphatic heterocycles. The summed E-state index contributed by atoms with van der Waals surface area (Å²) in [6.45, 7) is 0. The summed E-state index contributed by atoms with van der Waals surface area (Å²) in [5.74, 6) is 0.571. The lowest BCUT2D eigenvalue weighted by Crippen LogP contribution is -2.38. The molecule has 0 unspecified atom stereocenters. The average molecular weight is 323 g/mol. The number of imidazole rings is 1. The highest BCUT2D eigenvalue weighted by Crippen LogP contribution is 2.34. The van der Waals surface area contributed by atoms with Gasteiger partial charge < -0.3 is 14.9 Å². The van der Waals surface area contributed by atoms with Gasteiger partial charge in [-0.2, -0.15) is 0 Å². The first-order chi connectivity index (χ1) is 11.8. The Kier molecular flexibility index (Phi) is 3.11.